The molecule has 0 aromatic heterocycles. The lowest BCUT2D eigenvalue weighted by Gasteiger charge is -2.33. The number of carbonyl (C=O) groups is 2. The number of hydrogen-bond donors (Lipinski definition) is 1. The van der Waals surface area contributed by atoms with Gasteiger partial charge in [0.05, 0.1) is 17.6 Å². The van der Waals surface area contributed by atoms with E-state index in [4.69, 9.17) is 0 Å². The Bertz CT molecular complexity index is 1180. The fourth-order valence-electron chi connectivity index (χ4n) is 4.79. The van der Waals surface area contributed by atoms with Crippen LogP contribution in [0.2, 0.25) is 0 Å². The summed E-state index contributed by atoms with van der Waals surface area (Å²) in [7, 11) is 0. The number of carbonyl (C=O) groups excluding carboxylic acids is 2. The predicted molar refractivity (Wildman–Crippen MR) is 105 cm³/mol. The molecule has 1 N–H and O–H groups in total. The number of benzene rings is 2. The van der Waals surface area contributed by atoms with Crippen LogP contribution < -0.4 is 5.32 Å². The van der Waals surface area contributed by atoms with Crippen LogP contribution in [0.1, 0.15) is 53.6 Å². The molecule has 0 bridgehead atoms. The van der Waals surface area contributed by atoms with Crippen molar-refractivity contribution in [1.29, 1.82) is 5.26 Å². The molecule has 1 heterocycles. The summed E-state index contributed by atoms with van der Waals surface area (Å²) in [6, 6.07) is 15.6. The van der Waals surface area contributed by atoms with Crippen LogP contribution in [0, 0.1) is 11.3 Å². The molecule has 5 rings (SSSR count). The van der Waals surface area contributed by atoms with Gasteiger partial charge in [0.1, 0.15) is 0 Å². The molecule has 1 atom stereocenters. The third kappa shape index (κ3) is 2.16. The maximum Gasteiger partial charge on any atom is 0.194 e. The van der Waals surface area contributed by atoms with Crippen LogP contribution in [0.25, 0.3) is 11.1 Å². The Kier molecular flexibility index (Phi) is 3.60. The first-order chi connectivity index (χ1) is 13.6. The molecular formula is C24H18N2O2. The number of nitrogens with zero attached hydrogens (tertiary/aromatic N) is 1. The van der Waals surface area contributed by atoms with Crippen LogP contribution in [-0.2, 0) is 4.79 Å². The molecule has 0 radical (unpaired) electrons. The molecule has 3 aliphatic rings. The van der Waals surface area contributed by atoms with Crippen molar-refractivity contribution in [3.63, 3.8) is 0 Å². The molecular weight excluding hydrogens is 348 g/mol. The van der Waals surface area contributed by atoms with E-state index in [0.717, 1.165) is 40.9 Å². The largest absolute Gasteiger partial charge is 0.361 e. The summed E-state index contributed by atoms with van der Waals surface area (Å²) < 4.78 is 0. The number of hydrogen-bond acceptors (Lipinski definition) is 4. The van der Waals surface area contributed by atoms with Crippen LogP contribution >= 0.6 is 0 Å². The summed E-state index contributed by atoms with van der Waals surface area (Å²) in [5.41, 5.74) is 6.91. The summed E-state index contributed by atoms with van der Waals surface area (Å²) >= 11 is 0. The van der Waals surface area contributed by atoms with Crippen LogP contribution in [0.4, 0.5) is 0 Å². The standard InChI is InChI=1S/C24H18N2O2/c1-13-18(12-25)22(23-19(26-13)10-5-11-20(23)27)16-8-4-9-17-21(16)14-6-2-3-7-15(14)24(17)28/h2-4,6-9,22,26H,5,10-11H2,1H3. The molecule has 1 unspecified atom stereocenters. The molecule has 2 aliphatic carbocycles. The smallest absolute Gasteiger partial charge is 0.194 e. The zero-order valence-corrected chi connectivity index (χ0v) is 15.5. The van der Waals surface area contributed by atoms with Gasteiger partial charge in [0, 0.05) is 34.5 Å². The van der Waals surface area contributed by atoms with Gasteiger partial charge in [-0.3, -0.25) is 9.59 Å². The first kappa shape index (κ1) is 16.7. The van der Waals surface area contributed by atoms with E-state index in [0.29, 0.717) is 28.7 Å². The van der Waals surface area contributed by atoms with E-state index in [1.54, 1.807) is 0 Å². The van der Waals surface area contributed by atoms with E-state index >= 15 is 0 Å². The molecule has 2 aromatic carbocycles. The fraction of sp³-hybridized carbons (Fsp3) is 0.208. The first-order valence-electron chi connectivity index (χ1n) is 9.53. The second kappa shape index (κ2) is 6.03. The number of rotatable bonds is 1. The van der Waals surface area contributed by atoms with Crippen molar-refractivity contribution in [1.82, 2.24) is 5.32 Å². The highest BCUT2D eigenvalue weighted by atomic mass is 16.1. The molecule has 0 saturated carbocycles. The van der Waals surface area contributed by atoms with Crippen molar-refractivity contribution in [2.75, 3.05) is 0 Å². The number of allylic oxidation sites excluding steroid dienone is 4. The Labute approximate surface area is 163 Å². The molecule has 1 aliphatic heterocycles. The van der Waals surface area contributed by atoms with Crippen molar-refractivity contribution in [3.05, 3.63) is 81.7 Å². The molecule has 136 valence electrons. The Morgan fingerprint density at radius 1 is 1.00 bits per heavy atom. The van der Waals surface area contributed by atoms with E-state index in [-0.39, 0.29) is 11.6 Å². The number of Topliss-reactive ketones (excluding diaryl/α,β-unsaturated/α-hetero) is 1. The third-order valence-electron chi connectivity index (χ3n) is 5.99. The van der Waals surface area contributed by atoms with Gasteiger partial charge in [-0.15, -0.1) is 0 Å². The summed E-state index contributed by atoms with van der Waals surface area (Å²) in [6.07, 6.45) is 2.12. The highest BCUT2D eigenvalue weighted by Crippen LogP contribution is 2.48. The first-order valence-corrected chi connectivity index (χ1v) is 9.53. The average molecular weight is 366 g/mol. The predicted octanol–water partition coefficient (Wildman–Crippen LogP) is 4.39. The van der Waals surface area contributed by atoms with Gasteiger partial charge in [0.2, 0.25) is 0 Å². The second-order valence-electron chi connectivity index (χ2n) is 7.52. The van der Waals surface area contributed by atoms with E-state index < -0.39 is 5.92 Å². The summed E-state index contributed by atoms with van der Waals surface area (Å²) in [5, 5.41) is 13.2. The third-order valence-corrected chi connectivity index (χ3v) is 5.99. The topological polar surface area (TPSA) is 70.0 Å². The maximum absolute atomic E-state index is 12.9. The van der Waals surface area contributed by atoms with Crippen LogP contribution in [-0.4, -0.2) is 11.6 Å². The average Bonchev–Trinajstić information content (AvgIpc) is 3.00. The molecule has 4 nitrogen and oxygen atoms in total. The number of nitriles is 1. The minimum absolute atomic E-state index is 0.00441. The zero-order valence-electron chi connectivity index (χ0n) is 15.5. The van der Waals surface area contributed by atoms with E-state index in [1.165, 1.54) is 0 Å². The molecule has 0 spiro atoms. The van der Waals surface area contributed by atoms with Gasteiger partial charge in [-0.2, -0.15) is 5.26 Å². The molecule has 4 heteroatoms. The van der Waals surface area contributed by atoms with Crippen LogP contribution in [0.3, 0.4) is 0 Å². The summed E-state index contributed by atoms with van der Waals surface area (Å²) in [6.45, 7) is 1.89. The van der Waals surface area contributed by atoms with Crippen LogP contribution in [0.5, 0.6) is 0 Å². The van der Waals surface area contributed by atoms with Crippen molar-refractivity contribution in [2.45, 2.75) is 32.1 Å². The fourth-order valence-corrected chi connectivity index (χ4v) is 4.79. The van der Waals surface area contributed by atoms with Crippen molar-refractivity contribution < 1.29 is 9.59 Å². The van der Waals surface area contributed by atoms with Gasteiger partial charge in [-0.05, 0) is 36.5 Å². The summed E-state index contributed by atoms with van der Waals surface area (Å²) in [4.78, 5) is 25.8. The number of dihydropyridines is 1. The number of nitrogens with one attached hydrogen (secondary N) is 1. The molecule has 2 aromatic rings. The normalized spacial score (nSPS) is 20.4. The van der Waals surface area contributed by atoms with Gasteiger partial charge in [-0.1, -0.05) is 42.5 Å². The lowest BCUT2D eigenvalue weighted by molar-refractivity contribution is -0.116. The minimum atomic E-state index is -0.428. The van der Waals surface area contributed by atoms with Crippen molar-refractivity contribution >= 4 is 11.6 Å². The second-order valence-corrected chi connectivity index (χ2v) is 7.52. The monoisotopic (exact) mass is 366 g/mol. The Morgan fingerprint density at radius 2 is 1.75 bits per heavy atom. The molecule has 28 heavy (non-hydrogen) atoms. The van der Waals surface area contributed by atoms with Gasteiger partial charge in [0.25, 0.3) is 0 Å². The molecule has 0 fully saturated rings. The number of ketones is 2. The minimum Gasteiger partial charge on any atom is -0.361 e. The van der Waals surface area contributed by atoms with E-state index in [9.17, 15) is 14.9 Å². The van der Waals surface area contributed by atoms with Gasteiger partial charge in [0.15, 0.2) is 11.6 Å². The highest BCUT2D eigenvalue weighted by molar-refractivity contribution is 6.22. The Morgan fingerprint density at radius 3 is 2.54 bits per heavy atom. The van der Waals surface area contributed by atoms with Crippen molar-refractivity contribution in [2.24, 2.45) is 0 Å². The summed E-state index contributed by atoms with van der Waals surface area (Å²) in [5.74, 6) is -0.332. The molecule has 0 saturated heterocycles. The maximum atomic E-state index is 12.9. The Balaban J connectivity index is 1.82. The van der Waals surface area contributed by atoms with Gasteiger partial charge < -0.3 is 5.32 Å². The van der Waals surface area contributed by atoms with Gasteiger partial charge >= 0.3 is 0 Å². The highest BCUT2D eigenvalue weighted by Gasteiger charge is 2.39. The Hall–Kier alpha value is -3.45. The lowest BCUT2D eigenvalue weighted by Crippen LogP contribution is -2.31. The van der Waals surface area contributed by atoms with Crippen LogP contribution in [0.15, 0.2) is 65.0 Å². The lowest BCUT2D eigenvalue weighted by atomic mass is 9.74. The van der Waals surface area contributed by atoms with E-state index in [2.05, 4.69) is 11.4 Å². The number of fused-ring (bicyclic) bond motifs is 3. The van der Waals surface area contributed by atoms with Crippen molar-refractivity contribution in [3.8, 4) is 17.2 Å². The molecule has 0 amide bonds. The zero-order chi connectivity index (χ0) is 19.4. The van der Waals surface area contributed by atoms with E-state index in [1.807, 2.05) is 49.4 Å². The van der Waals surface area contributed by atoms with Gasteiger partial charge in [-0.25, -0.2) is 0 Å². The SMILES string of the molecule is CC1=C(C#N)C(c2cccc3c2-c2ccccc2C3=O)C2=C(CCCC2=O)N1. The quantitative estimate of drug-likeness (QED) is 0.693.